The molecule has 0 saturated carbocycles. The van der Waals surface area contributed by atoms with Crippen molar-refractivity contribution in [2.24, 2.45) is 11.8 Å². The monoisotopic (exact) mass is 169 g/mol. The van der Waals surface area contributed by atoms with Crippen LogP contribution in [-0.2, 0) is 0 Å². The Labute approximate surface area is 77.1 Å². The van der Waals surface area contributed by atoms with Crippen LogP contribution in [0.5, 0.6) is 0 Å². The minimum atomic E-state index is 0.697. The fourth-order valence-corrected chi connectivity index (χ4v) is 2.73. The van der Waals surface area contributed by atoms with Gasteiger partial charge in [-0.1, -0.05) is 13.8 Å². The van der Waals surface area contributed by atoms with Gasteiger partial charge in [-0.15, -0.1) is 0 Å². The summed E-state index contributed by atoms with van der Waals surface area (Å²) in [6, 6.07) is 2.22. The van der Waals surface area contributed by atoms with Crippen molar-refractivity contribution in [1.29, 1.82) is 0 Å². The Morgan fingerprint density at radius 3 is 1.33 bits per heavy atom. The van der Waals surface area contributed by atoms with Crippen LogP contribution in [0.3, 0.4) is 0 Å². The van der Waals surface area contributed by atoms with Gasteiger partial charge in [-0.3, -0.25) is 4.90 Å². The molecule has 72 valence electrons. The van der Waals surface area contributed by atoms with E-state index in [4.69, 9.17) is 0 Å². The van der Waals surface area contributed by atoms with Crippen molar-refractivity contribution in [2.75, 3.05) is 0 Å². The lowest BCUT2D eigenvalue weighted by Crippen LogP contribution is -2.40. The second-order valence-corrected chi connectivity index (χ2v) is 4.74. The number of nitrogens with zero attached hydrogens (tertiary/aromatic N) is 1. The highest BCUT2D eigenvalue weighted by Gasteiger charge is 2.40. The molecular formula is C11H23N. The zero-order chi connectivity index (χ0) is 9.46. The van der Waals surface area contributed by atoms with E-state index in [1.54, 1.807) is 0 Å². The van der Waals surface area contributed by atoms with Crippen LogP contribution in [0.15, 0.2) is 0 Å². The Kier molecular flexibility index (Phi) is 2.82. The van der Waals surface area contributed by atoms with Crippen molar-refractivity contribution in [3.05, 3.63) is 0 Å². The molecule has 1 heterocycles. The van der Waals surface area contributed by atoms with Crippen LogP contribution in [0.2, 0.25) is 0 Å². The van der Waals surface area contributed by atoms with E-state index in [1.807, 2.05) is 0 Å². The first-order valence-electron chi connectivity index (χ1n) is 5.24. The minimum Gasteiger partial charge on any atom is -0.295 e. The summed E-state index contributed by atoms with van der Waals surface area (Å²) in [7, 11) is 0. The molecule has 1 fully saturated rings. The van der Waals surface area contributed by atoms with Gasteiger partial charge in [-0.2, -0.15) is 0 Å². The zero-order valence-electron chi connectivity index (χ0n) is 9.33. The van der Waals surface area contributed by atoms with Crippen LogP contribution in [-0.4, -0.2) is 23.0 Å². The quantitative estimate of drug-likeness (QED) is 0.583. The largest absolute Gasteiger partial charge is 0.295 e. The number of likely N-dealkylation sites (tertiary alicyclic amines) is 1. The van der Waals surface area contributed by atoms with Gasteiger partial charge in [0.1, 0.15) is 0 Å². The lowest BCUT2D eigenvalue weighted by Gasteiger charge is -2.31. The first-order valence-corrected chi connectivity index (χ1v) is 5.24. The van der Waals surface area contributed by atoms with Crippen molar-refractivity contribution in [1.82, 2.24) is 4.90 Å². The lowest BCUT2D eigenvalue weighted by molar-refractivity contribution is 0.153. The summed E-state index contributed by atoms with van der Waals surface area (Å²) in [5.74, 6) is 1.70. The van der Waals surface area contributed by atoms with E-state index in [9.17, 15) is 0 Å². The zero-order valence-corrected chi connectivity index (χ0v) is 9.33. The number of hydrogen-bond acceptors (Lipinski definition) is 1. The van der Waals surface area contributed by atoms with Gasteiger partial charge in [0.25, 0.3) is 0 Å². The van der Waals surface area contributed by atoms with Gasteiger partial charge < -0.3 is 0 Å². The molecule has 0 spiro atoms. The lowest BCUT2D eigenvalue weighted by atomic mass is 9.92. The summed E-state index contributed by atoms with van der Waals surface area (Å²) in [5, 5.41) is 0. The van der Waals surface area contributed by atoms with Crippen LogP contribution < -0.4 is 0 Å². The molecule has 1 nitrogen and oxygen atoms in total. The molecule has 0 unspecified atom stereocenters. The molecule has 1 aliphatic rings. The van der Waals surface area contributed by atoms with Gasteiger partial charge in [0, 0.05) is 18.1 Å². The van der Waals surface area contributed by atoms with Crippen molar-refractivity contribution in [3.63, 3.8) is 0 Å². The van der Waals surface area contributed by atoms with Gasteiger partial charge in [0.05, 0.1) is 0 Å². The summed E-state index contributed by atoms with van der Waals surface area (Å²) in [6.45, 7) is 14.1. The Hall–Kier alpha value is -0.0400. The van der Waals surface area contributed by atoms with Gasteiger partial charge in [-0.05, 0) is 39.5 Å². The average molecular weight is 169 g/mol. The summed E-state index contributed by atoms with van der Waals surface area (Å²) < 4.78 is 0. The van der Waals surface area contributed by atoms with Gasteiger partial charge in [0.2, 0.25) is 0 Å². The Balaban J connectivity index is 2.76. The Bertz CT molecular complexity index is 139. The van der Waals surface area contributed by atoms with Crippen LogP contribution in [0.1, 0.15) is 41.5 Å². The molecular weight excluding hydrogens is 146 g/mol. The van der Waals surface area contributed by atoms with Crippen molar-refractivity contribution >= 4 is 0 Å². The summed E-state index contributed by atoms with van der Waals surface area (Å²) in [6.07, 6.45) is 0. The summed E-state index contributed by atoms with van der Waals surface area (Å²) >= 11 is 0. The van der Waals surface area contributed by atoms with Crippen molar-refractivity contribution in [2.45, 2.75) is 59.7 Å². The van der Waals surface area contributed by atoms with Gasteiger partial charge in [0.15, 0.2) is 0 Å². The molecule has 0 N–H and O–H groups in total. The molecule has 0 aliphatic carbocycles. The third-order valence-corrected chi connectivity index (χ3v) is 3.89. The first-order chi connectivity index (χ1) is 5.46. The maximum absolute atomic E-state index is 2.65. The smallest absolute Gasteiger partial charge is 0.0101 e. The maximum Gasteiger partial charge on any atom is 0.0101 e. The SMILES string of the molecule is CC(C)N1[C@H](C)[C@H](C)[C@H](C)[C@@H]1C. The highest BCUT2D eigenvalue weighted by molar-refractivity contribution is 4.93. The molecule has 1 heteroatoms. The third kappa shape index (κ3) is 1.39. The molecule has 0 aromatic heterocycles. The summed E-state index contributed by atoms with van der Waals surface area (Å²) in [4.78, 5) is 2.65. The minimum absolute atomic E-state index is 0.697. The molecule has 1 aliphatic heterocycles. The molecule has 12 heavy (non-hydrogen) atoms. The molecule has 0 bridgehead atoms. The molecule has 1 rings (SSSR count). The number of hydrogen-bond donors (Lipinski definition) is 0. The van der Waals surface area contributed by atoms with E-state index in [1.165, 1.54) is 0 Å². The second kappa shape index (κ2) is 3.37. The van der Waals surface area contributed by atoms with Crippen molar-refractivity contribution in [3.8, 4) is 0 Å². The van der Waals surface area contributed by atoms with Gasteiger partial charge >= 0.3 is 0 Å². The van der Waals surface area contributed by atoms with Crippen molar-refractivity contribution < 1.29 is 0 Å². The molecule has 0 amide bonds. The second-order valence-electron chi connectivity index (χ2n) is 4.74. The fraction of sp³-hybridized carbons (Fsp3) is 1.00. The van der Waals surface area contributed by atoms with Crippen LogP contribution >= 0.6 is 0 Å². The number of rotatable bonds is 1. The standard InChI is InChI=1S/C11H23N/c1-7(2)12-10(5)8(3)9(4)11(12)6/h7-11H,1-6H3/t8-,9+,10-,11+. The molecule has 0 aromatic rings. The highest BCUT2D eigenvalue weighted by atomic mass is 15.2. The molecule has 0 aromatic carbocycles. The van der Waals surface area contributed by atoms with Crippen LogP contribution in [0.4, 0.5) is 0 Å². The van der Waals surface area contributed by atoms with E-state index in [0.29, 0.717) is 6.04 Å². The average Bonchev–Trinajstić information content (AvgIpc) is 2.16. The Morgan fingerprint density at radius 2 is 1.17 bits per heavy atom. The Morgan fingerprint density at radius 1 is 0.833 bits per heavy atom. The predicted octanol–water partition coefficient (Wildman–Crippen LogP) is 2.76. The van der Waals surface area contributed by atoms with E-state index >= 15 is 0 Å². The molecule has 1 saturated heterocycles. The van der Waals surface area contributed by atoms with E-state index in [0.717, 1.165) is 23.9 Å². The first kappa shape index (κ1) is 10.0. The summed E-state index contributed by atoms with van der Waals surface area (Å²) in [5.41, 5.74) is 0. The maximum atomic E-state index is 2.65. The van der Waals surface area contributed by atoms with E-state index < -0.39 is 0 Å². The molecule has 4 atom stereocenters. The predicted molar refractivity (Wildman–Crippen MR) is 54.2 cm³/mol. The normalized spacial score (nSPS) is 44.2. The third-order valence-electron chi connectivity index (χ3n) is 3.89. The van der Waals surface area contributed by atoms with Gasteiger partial charge in [-0.25, -0.2) is 0 Å². The van der Waals surface area contributed by atoms with Crippen LogP contribution in [0.25, 0.3) is 0 Å². The highest BCUT2D eigenvalue weighted by Crippen LogP contribution is 2.35. The molecule has 0 radical (unpaired) electrons. The van der Waals surface area contributed by atoms with E-state index in [2.05, 4.69) is 46.4 Å². The fourth-order valence-electron chi connectivity index (χ4n) is 2.73. The van der Waals surface area contributed by atoms with E-state index in [-0.39, 0.29) is 0 Å². The van der Waals surface area contributed by atoms with Crippen LogP contribution in [0, 0.1) is 11.8 Å². The topological polar surface area (TPSA) is 3.24 Å².